The standard InChI is InChI=1S/C17H25NO2/c1-10-5-11(2)7-15(6-10)20-17(19)16-9-14(18)8-12(3)13(16)4/h8-11,15H,5-7,18H2,1-4H3. The molecule has 0 radical (unpaired) electrons. The van der Waals surface area contributed by atoms with Crippen LogP contribution in [0.15, 0.2) is 12.1 Å². The lowest BCUT2D eigenvalue weighted by Gasteiger charge is -2.31. The number of hydrogen-bond acceptors (Lipinski definition) is 3. The molecule has 3 heteroatoms. The van der Waals surface area contributed by atoms with Gasteiger partial charge in [-0.15, -0.1) is 0 Å². The van der Waals surface area contributed by atoms with E-state index in [1.165, 1.54) is 6.42 Å². The summed E-state index contributed by atoms with van der Waals surface area (Å²) in [6.45, 7) is 8.36. The zero-order chi connectivity index (χ0) is 14.9. The van der Waals surface area contributed by atoms with Gasteiger partial charge in [0.25, 0.3) is 0 Å². The van der Waals surface area contributed by atoms with E-state index in [1.807, 2.05) is 19.9 Å². The first-order valence-electron chi connectivity index (χ1n) is 7.44. The highest BCUT2D eigenvalue weighted by Gasteiger charge is 2.27. The number of hydrogen-bond donors (Lipinski definition) is 1. The summed E-state index contributed by atoms with van der Waals surface area (Å²) in [4.78, 5) is 12.4. The van der Waals surface area contributed by atoms with Gasteiger partial charge < -0.3 is 10.5 Å². The van der Waals surface area contributed by atoms with Gasteiger partial charge >= 0.3 is 5.97 Å². The number of aryl methyl sites for hydroxylation is 1. The quantitative estimate of drug-likeness (QED) is 0.658. The molecule has 2 atom stereocenters. The third-order valence-corrected chi connectivity index (χ3v) is 4.32. The molecule has 2 N–H and O–H groups in total. The van der Waals surface area contributed by atoms with E-state index in [0.29, 0.717) is 23.1 Å². The number of benzene rings is 1. The molecule has 20 heavy (non-hydrogen) atoms. The Bertz CT molecular complexity index is 500. The molecule has 1 aliphatic carbocycles. The first-order chi connectivity index (χ1) is 9.36. The fourth-order valence-electron chi connectivity index (χ4n) is 3.28. The highest BCUT2D eigenvalue weighted by Crippen LogP contribution is 2.31. The Morgan fingerprint density at radius 2 is 1.75 bits per heavy atom. The summed E-state index contributed by atoms with van der Waals surface area (Å²) in [5.41, 5.74) is 9.05. The van der Waals surface area contributed by atoms with Gasteiger partial charge in [-0.25, -0.2) is 4.79 Å². The Morgan fingerprint density at radius 1 is 1.15 bits per heavy atom. The minimum atomic E-state index is -0.232. The monoisotopic (exact) mass is 275 g/mol. The normalized spacial score (nSPS) is 26.3. The average Bonchev–Trinajstić information content (AvgIpc) is 2.32. The Morgan fingerprint density at radius 3 is 2.35 bits per heavy atom. The number of rotatable bonds is 2. The lowest BCUT2D eigenvalue weighted by atomic mass is 9.82. The molecule has 1 fully saturated rings. The van der Waals surface area contributed by atoms with E-state index < -0.39 is 0 Å². The van der Waals surface area contributed by atoms with E-state index in [2.05, 4.69) is 13.8 Å². The molecular weight excluding hydrogens is 250 g/mol. The Hall–Kier alpha value is -1.51. The smallest absolute Gasteiger partial charge is 0.338 e. The maximum absolute atomic E-state index is 12.4. The molecule has 1 aromatic carbocycles. The lowest BCUT2D eigenvalue weighted by molar-refractivity contribution is 0.00798. The van der Waals surface area contributed by atoms with Gasteiger partial charge in [0.1, 0.15) is 6.10 Å². The number of nitrogens with two attached hydrogens (primary N) is 1. The van der Waals surface area contributed by atoms with Crippen molar-refractivity contribution in [1.82, 2.24) is 0 Å². The van der Waals surface area contributed by atoms with Gasteiger partial charge in [0, 0.05) is 5.69 Å². The maximum Gasteiger partial charge on any atom is 0.338 e. The highest BCUT2D eigenvalue weighted by molar-refractivity contribution is 5.92. The average molecular weight is 275 g/mol. The van der Waals surface area contributed by atoms with Crippen LogP contribution in [0.25, 0.3) is 0 Å². The van der Waals surface area contributed by atoms with Gasteiger partial charge in [-0.1, -0.05) is 13.8 Å². The van der Waals surface area contributed by atoms with Crippen molar-refractivity contribution >= 4 is 11.7 Å². The van der Waals surface area contributed by atoms with Crippen LogP contribution >= 0.6 is 0 Å². The van der Waals surface area contributed by atoms with Gasteiger partial charge in [0.15, 0.2) is 0 Å². The van der Waals surface area contributed by atoms with Crippen LogP contribution in [0, 0.1) is 25.7 Å². The molecule has 1 saturated carbocycles. The minimum absolute atomic E-state index is 0.0439. The summed E-state index contributed by atoms with van der Waals surface area (Å²) in [7, 11) is 0. The Labute approximate surface area is 121 Å². The van der Waals surface area contributed by atoms with Crippen LogP contribution in [-0.2, 0) is 4.74 Å². The van der Waals surface area contributed by atoms with Crippen LogP contribution in [0.5, 0.6) is 0 Å². The number of carbonyl (C=O) groups is 1. The summed E-state index contributed by atoms with van der Waals surface area (Å²) in [6.07, 6.45) is 3.21. The molecule has 0 amide bonds. The van der Waals surface area contributed by atoms with Crippen molar-refractivity contribution in [1.29, 1.82) is 0 Å². The predicted octanol–water partition coefficient (Wildman–Crippen LogP) is 3.87. The van der Waals surface area contributed by atoms with Crippen LogP contribution in [0.1, 0.15) is 54.6 Å². The van der Waals surface area contributed by atoms with Gasteiger partial charge in [0.05, 0.1) is 5.56 Å². The number of nitrogen functional groups attached to an aromatic ring is 1. The van der Waals surface area contributed by atoms with Crippen molar-refractivity contribution in [2.45, 2.75) is 53.1 Å². The third kappa shape index (κ3) is 3.33. The van der Waals surface area contributed by atoms with Gasteiger partial charge in [0.2, 0.25) is 0 Å². The molecule has 2 rings (SSSR count). The zero-order valence-corrected chi connectivity index (χ0v) is 12.9. The second-order valence-corrected chi connectivity index (χ2v) is 6.46. The fourth-order valence-corrected chi connectivity index (χ4v) is 3.28. The van der Waals surface area contributed by atoms with Crippen molar-refractivity contribution in [3.05, 3.63) is 28.8 Å². The molecule has 110 valence electrons. The molecule has 0 aromatic heterocycles. The van der Waals surface area contributed by atoms with Crippen LogP contribution in [0.4, 0.5) is 5.69 Å². The van der Waals surface area contributed by atoms with Crippen molar-refractivity contribution in [3.8, 4) is 0 Å². The van der Waals surface area contributed by atoms with Crippen LogP contribution < -0.4 is 5.73 Å². The molecule has 1 aliphatic rings. The van der Waals surface area contributed by atoms with E-state index in [1.54, 1.807) is 6.07 Å². The molecule has 1 aromatic rings. The Kier molecular flexibility index (Phi) is 4.36. The molecule has 0 bridgehead atoms. The molecule has 0 spiro atoms. The van der Waals surface area contributed by atoms with Crippen molar-refractivity contribution < 1.29 is 9.53 Å². The first-order valence-corrected chi connectivity index (χ1v) is 7.44. The molecule has 0 aliphatic heterocycles. The summed E-state index contributed by atoms with van der Waals surface area (Å²) in [6, 6.07) is 3.61. The SMILES string of the molecule is Cc1cc(N)cc(C(=O)OC2CC(C)CC(C)C2)c1C. The van der Waals surface area contributed by atoms with E-state index in [9.17, 15) is 4.79 Å². The van der Waals surface area contributed by atoms with Crippen LogP contribution in [0.3, 0.4) is 0 Å². The van der Waals surface area contributed by atoms with Crippen molar-refractivity contribution in [2.24, 2.45) is 11.8 Å². The van der Waals surface area contributed by atoms with Crippen molar-refractivity contribution in [2.75, 3.05) is 5.73 Å². The van der Waals surface area contributed by atoms with E-state index in [-0.39, 0.29) is 12.1 Å². The Balaban J connectivity index is 2.12. The number of anilines is 1. The zero-order valence-electron chi connectivity index (χ0n) is 12.9. The lowest BCUT2D eigenvalue weighted by Crippen LogP contribution is -2.28. The van der Waals surface area contributed by atoms with E-state index in [0.717, 1.165) is 24.0 Å². The van der Waals surface area contributed by atoms with Gasteiger partial charge in [-0.3, -0.25) is 0 Å². The minimum Gasteiger partial charge on any atom is -0.459 e. The topological polar surface area (TPSA) is 52.3 Å². The molecule has 2 unspecified atom stereocenters. The number of ether oxygens (including phenoxy) is 1. The number of esters is 1. The molecule has 3 nitrogen and oxygen atoms in total. The molecular formula is C17H25NO2. The second kappa shape index (κ2) is 5.86. The van der Waals surface area contributed by atoms with Crippen LogP contribution in [0.2, 0.25) is 0 Å². The molecule has 0 heterocycles. The fraction of sp³-hybridized carbons (Fsp3) is 0.588. The number of carbonyl (C=O) groups excluding carboxylic acids is 1. The molecule has 0 saturated heterocycles. The maximum atomic E-state index is 12.4. The summed E-state index contributed by atoms with van der Waals surface area (Å²) in [5.74, 6) is 1.02. The highest BCUT2D eigenvalue weighted by atomic mass is 16.5. The van der Waals surface area contributed by atoms with Gasteiger partial charge in [-0.2, -0.15) is 0 Å². The van der Waals surface area contributed by atoms with E-state index >= 15 is 0 Å². The van der Waals surface area contributed by atoms with Crippen LogP contribution in [-0.4, -0.2) is 12.1 Å². The van der Waals surface area contributed by atoms with Gasteiger partial charge in [-0.05, 0) is 68.2 Å². The summed E-state index contributed by atoms with van der Waals surface area (Å²) < 4.78 is 5.71. The van der Waals surface area contributed by atoms with E-state index in [4.69, 9.17) is 10.5 Å². The predicted molar refractivity (Wildman–Crippen MR) is 81.7 cm³/mol. The second-order valence-electron chi connectivity index (χ2n) is 6.46. The summed E-state index contributed by atoms with van der Waals surface area (Å²) in [5, 5.41) is 0. The third-order valence-electron chi connectivity index (χ3n) is 4.32. The largest absolute Gasteiger partial charge is 0.459 e. The first kappa shape index (κ1) is 14.9. The van der Waals surface area contributed by atoms with Crippen molar-refractivity contribution in [3.63, 3.8) is 0 Å². The summed E-state index contributed by atoms with van der Waals surface area (Å²) >= 11 is 0.